The van der Waals surface area contributed by atoms with E-state index in [9.17, 15) is 32.9 Å². The van der Waals surface area contributed by atoms with Crippen molar-refractivity contribution in [1.82, 2.24) is 10.9 Å². The number of hydrogen-bond acceptors (Lipinski definition) is 5. The van der Waals surface area contributed by atoms with E-state index in [-0.39, 0.29) is 17.0 Å². The highest BCUT2D eigenvalue weighted by Crippen LogP contribution is 2.29. The second kappa shape index (κ2) is 8.84. The minimum atomic E-state index is -4.53. The van der Waals surface area contributed by atoms with Gasteiger partial charge in [0.1, 0.15) is 0 Å². The number of nitro groups is 1. The molecule has 0 unspecified atom stereocenters. The lowest BCUT2D eigenvalue weighted by Gasteiger charge is -2.10. The van der Waals surface area contributed by atoms with Crippen LogP contribution >= 0.6 is 0 Å². The molecule has 2 rings (SSSR count). The van der Waals surface area contributed by atoms with Gasteiger partial charge in [-0.25, -0.2) is 0 Å². The lowest BCUT2D eigenvalue weighted by atomic mass is 10.1. The zero-order valence-corrected chi connectivity index (χ0v) is 14.2. The molecule has 0 spiro atoms. The molecule has 2 N–H and O–H groups in total. The predicted molar refractivity (Wildman–Crippen MR) is 90.0 cm³/mol. The summed E-state index contributed by atoms with van der Waals surface area (Å²) in [5.74, 6) is -1.69. The average Bonchev–Trinajstić information content (AvgIpc) is 2.64. The summed E-state index contributed by atoms with van der Waals surface area (Å²) in [5, 5.41) is 10.8. The molecule has 0 aliphatic heterocycles. The van der Waals surface area contributed by atoms with Crippen LogP contribution in [0.25, 0.3) is 0 Å². The smallest absolute Gasteiger partial charge is 0.416 e. The van der Waals surface area contributed by atoms with Crippen molar-refractivity contribution in [2.24, 2.45) is 0 Å². The number of carbonyl (C=O) groups is 2. The summed E-state index contributed by atoms with van der Waals surface area (Å²) in [6.45, 7) is -0.616. The third-order valence-electron chi connectivity index (χ3n) is 3.38. The number of para-hydroxylation sites is 2. The van der Waals surface area contributed by atoms with Crippen molar-refractivity contribution in [3.05, 3.63) is 69.8 Å². The van der Waals surface area contributed by atoms with Crippen molar-refractivity contribution in [2.45, 2.75) is 12.6 Å². The summed E-state index contributed by atoms with van der Waals surface area (Å²) in [7, 11) is 0. The molecular formula is C17H14F3N3O5. The Morgan fingerprint density at radius 2 is 1.71 bits per heavy atom. The Kier molecular flexibility index (Phi) is 6.53. The standard InChI is InChI=1S/C17H14F3N3O5/c18-17(19,20)12-5-3-4-11(8-12)9-15(24)21-22-16(25)10-28-14-7-2-1-6-13(14)23(26)27/h1-8H,9-10H2,(H,21,24)(H,22,25). The van der Waals surface area contributed by atoms with Crippen LogP contribution in [-0.2, 0) is 22.2 Å². The quantitative estimate of drug-likeness (QED) is 0.574. The molecule has 2 aromatic rings. The molecule has 0 aromatic heterocycles. The fraction of sp³-hybridized carbons (Fsp3) is 0.176. The maximum absolute atomic E-state index is 12.6. The summed E-state index contributed by atoms with van der Waals surface area (Å²) >= 11 is 0. The molecule has 148 valence electrons. The Balaban J connectivity index is 1.83. The van der Waals surface area contributed by atoms with E-state index in [1.54, 1.807) is 0 Å². The zero-order chi connectivity index (χ0) is 20.7. The predicted octanol–water partition coefficient (Wildman–Crippen LogP) is 2.38. The minimum Gasteiger partial charge on any atom is -0.477 e. The highest BCUT2D eigenvalue weighted by Gasteiger charge is 2.30. The summed E-state index contributed by atoms with van der Waals surface area (Å²) in [6, 6.07) is 9.64. The van der Waals surface area contributed by atoms with Gasteiger partial charge in [-0.1, -0.05) is 30.3 Å². The fourth-order valence-corrected chi connectivity index (χ4v) is 2.14. The van der Waals surface area contributed by atoms with Crippen molar-refractivity contribution in [2.75, 3.05) is 6.61 Å². The van der Waals surface area contributed by atoms with Gasteiger partial charge in [0.2, 0.25) is 5.91 Å². The van der Waals surface area contributed by atoms with E-state index in [0.717, 1.165) is 12.1 Å². The van der Waals surface area contributed by atoms with Gasteiger partial charge in [-0.05, 0) is 17.7 Å². The third kappa shape index (κ3) is 5.97. The molecule has 0 bridgehead atoms. The van der Waals surface area contributed by atoms with Gasteiger partial charge in [0, 0.05) is 6.07 Å². The molecular weight excluding hydrogens is 383 g/mol. The summed E-state index contributed by atoms with van der Waals surface area (Å²) in [6.07, 6.45) is -4.92. The SMILES string of the molecule is O=C(COc1ccccc1[N+](=O)[O-])NNC(=O)Cc1cccc(C(F)(F)F)c1. The van der Waals surface area contributed by atoms with E-state index in [2.05, 4.69) is 0 Å². The molecule has 0 radical (unpaired) electrons. The average molecular weight is 397 g/mol. The van der Waals surface area contributed by atoms with E-state index in [4.69, 9.17) is 4.74 Å². The first-order chi connectivity index (χ1) is 13.2. The normalized spacial score (nSPS) is 10.8. The van der Waals surface area contributed by atoms with Crippen LogP contribution < -0.4 is 15.6 Å². The third-order valence-corrected chi connectivity index (χ3v) is 3.38. The molecule has 2 amide bonds. The van der Waals surface area contributed by atoms with E-state index in [1.165, 1.54) is 36.4 Å². The number of halogens is 3. The molecule has 0 aliphatic carbocycles. The maximum Gasteiger partial charge on any atom is 0.416 e. The molecule has 0 atom stereocenters. The molecule has 11 heteroatoms. The van der Waals surface area contributed by atoms with E-state index >= 15 is 0 Å². The van der Waals surface area contributed by atoms with Crippen LogP contribution in [0.2, 0.25) is 0 Å². The Morgan fingerprint density at radius 1 is 1.04 bits per heavy atom. The van der Waals surface area contributed by atoms with Crippen LogP contribution in [0.3, 0.4) is 0 Å². The number of alkyl halides is 3. The first-order valence-corrected chi connectivity index (χ1v) is 7.77. The second-order valence-electron chi connectivity index (χ2n) is 5.48. The van der Waals surface area contributed by atoms with E-state index in [0.29, 0.717) is 0 Å². The summed E-state index contributed by atoms with van der Waals surface area (Å²) in [5.41, 5.74) is 2.93. The van der Waals surface area contributed by atoms with Gasteiger partial charge in [-0.15, -0.1) is 0 Å². The van der Waals surface area contributed by atoms with Crippen molar-refractivity contribution in [3.63, 3.8) is 0 Å². The van der Waals surface area contributed by atoms with E-state index < -0.39 is 41.5 Å². The second-order valence-corrected chi connectivity index (χ2v) is 5.48. The lowest BCUT2D eigenvalue weighted by Crippen LogP contribution is -2.44. The summed E-state index contributed by atoms with van der Waals surface area (Å²) < 4.78 is 43.0. The molecule has 28 heavy (non-hydrogen) atoms. The largest absolute Gasteiger partial charge is 0.477 e. The number of nitrogens with one attached hydrogen (secondary N) is 2. The van der Waals surface area contributed by atoms with Crippen molar-refractivity contribution >= 4 is 17.5 Å². The Bertz CT molecular complexity index is 886. The van der Waals surface area contributed by atoms with Gasteiger partial charge in [0.25, 0.3) is 5.91 Å². The lowest BCUT2D eigenvalue weighted by molar-refractivity contribution is -0.385. The van der Waals surface area contributed by atoms with Crippen molar-refractivity contribution in [3.8, 4) is 5.75 Å². The van der Waals surface area contributed by atoms with Crippen LogP contribution in [0, 0.1) is 10.1 Å². The van der Waals surface area contributed by atoms with Crippen LogP contribution in [0.15, 0.2) is 48.5 Å². The molecule has 8 nitrogen and oxygen atoms in total. The Labute approximate surface area is 156 Å². The topological polar surface area (TPSA) is 111 Å². The number of benzene rings is 2. The van der Waals surface area contributed by atoms with Crippen LogP contribution in [-0.4, -0.2) is 23.3 Å². The van der Waals surface area contributed by atoms with Crippen molar-refractivity contribution in [1.29, 1.82) is 0 Å². The van der Waals surface area contributed by atoms with E-state index in [1.807, 2.05) is 10.9 Å². The number of nitrogens with zero attached hydrogens (tertiary/aromatic N) is 1. The number of hydrazine groups is 1. The molecule has 0 saturated carbocycles. The number of ether oxygens (including phenoxy) is 1. The number of rotatable bonds is 6. The van der Waals surface area contributed by atoms with Gasteiger partial charge < -0.3 is 4.74 Å². The first kappa shape index (κ1) is 20.7. The summed E-state index contributed by atoms with van der Waals surface area (Å²) in [4.78, 5) is 33.6. The minimum absolute atomic E-state index is 0.109. The fourth-order valence-electron chi connectivity index (χ4n) is 2.14. The maximum atomic E-state index is 12.6. The molecule has 0 fully saturated rings. The first-order valence-electron chi connectivity index (χ1n) is 7.77. The van der Waals surface area contributed by atoms with Gasteiger partial charge >= 0.3 is 11.9 Å². The van der Waals surface area contributed by atoms with Gasteiger partial charge in [-0.2, -0.15) is 13.2 Å². The Hall–Kier alpha value is -3.63. The number of amides is 2. The molecule has 0 saturated heterocycles. The number of carbonyl (C=O) groups excluding carboxylic acids is 2. The molecule has 0 heterocycles. The molecule has 2 aromatic carbocycles. The highest BCUT2D eigenvalue weighted by molar-refractivity contribution is 5.83. The van der Waals surface area contributed by atoms with Crippen LogP contribution in [0.4, 0.5) is 18.9 Å². The van der Waals surface area contributed by atoms with Crippen LogP contribution in [0.1, 0.15) is 11.1 Å². The monoisotopic (exact) mass is 397 g/mol. The molecule has 0 aliphatic rings. The van der Waals surface area contributed by atoms with Gasteiger partial charge in [0.05, 0.1) is 16.9 Å². The Morgan fingerprint density at radius 3 is 2.39 bits per heavy atom. The zero-order valence-electron chi connectivity index (χ0n) is 14.2. The number of hydrogen-bond donors (Lipinski definition) is 2. The van der Waals surface area contributed by atoms with Gasteiger partial charge in [-0.3, -0.25) is 30.6 Å². The highest BCUT2D eigenvalue weighted by atomic mass is 19.4. The van der Waals surface area contributed by atoms with Crippen molar-refractivity contribution < 1.29 is 32.4 Å². The van der Waals surface area contributed by atoms with Crippen LogP contribution in [0.5, 0.6) is 5.75 Å². The number of nitro benzene ring substituents is 1. The van der Waals surface area contributed by atoms with Gasteiger partial charge in [0.15, 0.2) is 12.4 Å².